The number of nitrogens with zero attached hydrogens (tertiary/aromatic N) is 1. The summed E-state index contributed by atoms with van der Waals surface area (Å²) >= 11 is 0. The molecular weight excluding hydrogens is 206 g/mol. The SMILES string of the molecule is CC(=CCN(CCO)C1CCCC1)C(=O)O. The van der Waals surface area contributed by atoms with Crippen molar-refractivity contribution in [2.45, 2.75) is 38.6 Å². The van der Waals surface area contributed by atoms with Gasteiger partial charge < -0.3 is 10.2 Å². The van der Waals surface area contributed by atoms with Crippen molar-refractivity contribution in [1.29, 1.82) is 0 Å². The third-order valence-corrected chi connectivity index (χ3v) is 3.20. The Labute approximate surface area is 96.6 Å². The molecule has 0 amide bonds. The molecule has 0 saturated heterocycles. The van der Waals surface area contributed by atoms with Crippen molar-refractivity contribution in [2.75, 3.05) is 19.7 Å². The lowest BCUT2D eigenvalue weighted by Crippen LogP contribution is -2.36. The predicted molar refractivity (Wildman–Crippen MR) is 62.3 cm³/mol. The number of aliphatic hydroxyl groups is 1. The standard InChI is InChI=1S/C12H21NO3/c1-10(12(15)16)6-7-13(8-9-14)11-4-2-3-5-11/h6,11,14H,2-5,7-9H2,1H3,(H,15,16). The second-order valence-corrected chi connectivity index (χ2v) is 4.35. The first-order valence-electron chi connectivity index (χ1n) is 5.90. The third kappa shape index (κ3) is 3.94. The highest BCUT2D eigenvalue weighted by molar-refractivity contribution is 5.85. The van der Waals surface area contributed by atoms with Gasteiger partial charge in [0, 0.05) is 24.7 Å². The van der Waals surface area contributed by atoms with Crippen LogP contribution >= 0.6 is 0 Å². The normalized spacial score (nSPS) is 18.3. The number of aliphatic carboxylic acids is 1. The van der Waals surface area contributed by atoms with Gasteiger partial charge in [-0.15, -0.1) is 0 Å². The van der Waals surface area contributed by atoms with Gasteiger partial charge in [-0.1, -0.05) is 18.9 Å². The van der Waals surface area contributed by atoms with Crippen LogP contribution in [0.5, 0.6) is 0 Å². The molecule has 0 aromatic carbocycles. The molecule has 0 atom stereocenters. The molecule has 92 valence electrons. The number of hydrogen-bond donors (Lipinski definition) is 2. The fraction of sp³-hybridized carbons (Fsp3) is 0.750. The van der Waals surface area contributed by atoms with Crippen LogP contribution in [0.2, 0.25) is 0 Å². The molecule has 4 heteroatoms. The number of carboxylic acids is 1. The van der Waals surface area contributed by atoms with E-state index in [2.05, 4.69) is 4.90 Å². The van der Waals surface area contributed by atoms with E-state index in [1.165, 1.54) is 25.7 Å². The Morgan fingerprint density at radius 1 is 1.44 bits per heavy atom. The van der Waals surface area contributed by atoms with Gasteiger partial charge in [0.15, 0.2) is 0 Å². The van der Waals surface area contributed by atoms with Crippen molar-refractivity contribution in [3.05, 3.63) is 11.6 Å². The Kier molecular flexibility index (Phi) is 5.49. The summed E-state index contributed by atoms with van der Waals surface area (Å²) in [5.41, 5.74) is 0.376. The van der Waals surface area contributed by atoms with Gasteiger partial charge in [-0.3, -0.25) is 4.90 Å². The average molecular weight is 227 g/mol. The lowest BCUT2D eigenvalue weighted by Gasteiger charge is -2.26. The number of aliphatic hydroxyl groups excluding tert-OH is 1. The summed E-state index contributed by atoms with van der Waals surface area (Å²) in [6, 6.07) is 0.519. The van der Waals surface area contributed by atoms with E-state index < -0.39 is 5.97 Å². The van der Waals surface area contributed by atoms with Crippen molar-refractivity contribution in [2.24, 2.45) is 0 Å². The van der Waals surface area contributed by atoms with Crippen LogP contribution in [0.1, 0.15) is 32.6 Å². The molecule has 4 nitrogen and oxygen atoms in total. The van der Waals surface area contributed by atoms with Crippen LogP contribution in [0.25, 0.3) is 0 Å². The number of hydrogen-bond acceptors (Lipinski definition) is 3. The van der Waals surface area contributed by atoms with Crippen molar-refractivity contribution in [3.63, 3.8) is 0 Å². The predicted octanol–water partition coefficient (Wildman–Crippen LogP) is 1.25. The fourth-order valence-electron chi connectivity index (χ4n) is 2.16. The second kappa shape index (κ2) is 6.66. The molecule has 0 spiro atoms. The molecular formula is C12H21NO3. The van der Waals surface area contributed by atoms with Gasteiger partial charge in [0.05, 0.1) is 6.61 Å². The summed E-state index contributed by atoms with van der Waals surface area (Å²) in [6.45, 7) is 3.00. The fourth-order valence-corrected chi connectivity index (χ4v) is 2.16. The van der Waals surface area contributed by atoms with Crippen LogP contribution in [0.15, 0.2) is 11.6 Å². The summed E-state index contributed by atoms with van der Waals surface area (Å²) in [6.07, 6.45) is 6.55. The Hall–Kier alpha value is -0.870. The number of rotatable bonds is 6. The van der Waals surface area contributed by atoms with Crippen molar-refractivity contribution in [1.82, 2.24) is 4.90 Å². The molecule has 1 aliphatic rings. The van der Waals surface area contributed by atoms with E-state index in [9.17, 15) is 4.79 Å². The van der Waals surface area contributed by atoms with Crippen LogP contribution in [0.3, 0.4) is 0 Å². The molecule has 0 bridgehead atoms. The summed E-state index contributed by atoms with van der Waals surface area (Å²) in [5.74, 6) is -0.865. The van der Waals surface area contributed by atoms with E-state index in [-0.39, 0.29) is 6.61 Å². The van der Waals surface area contributed by atoms with E-state index in [1.807, 2.05) is 0 Å². The lowest BCUT2D eigenvalue weighted by atomic mass is 10.2. The minimum Gasteiger partial charge on any atom is -0.478 e. The summed E-state index contributed by atoms with van der Waals surface area (Å²) in [4.78, 5) is 12.8. The average Bonchev–Trinajstić information content (AvgIpc) is 2.76. The Morgan fingerprint density at radius 2 is 2.06 bits per heavy atom. The van der Waals surface area contributed by atoms with E-state index in [4.69, 9.17) is 10.2 Å². The molecule has 0 unspecified atom stereocenters. The maximum Gasteiger partial charge on any atom is 0.330 e. The largest absolute Gasteiger partial charge is 0.478 e. The van der Waals surface area contributed by atoms with E-state index in [0.717, 1.165) is 0 Å². The zero-order valence-electron chi connectivity index (χ0n) is 9.85. The smallest absolute Gasteiger partial charge is 0.330 e. The molecule has 1 fully saturated rings. The first kappa shape index (κ1) is 13.2. The summed E-state index contributed by atoms with van der Waals surface area (Å²) in [7, 11) is 0. The Bertz CT molecular complexity index is 257. The van der Waals surface area contributed by atoms with Gasteiger partial charge in [0.1, 0.15) is 0 Å². The van der Waals surface area contributed by atoms with Crippen LogP contribution in [-0.2, 0) is 4.79 Å². The summed E-state index contributed by atoms with van der Waals surface area (Å²) < 4.78 is 0. The number of carbonyl (C=O) groups is 1. The van der Waals surface area contributed by atoms with Gasteiger partial charge in [-0.2, -0.15) is 0 Å². The first-order chi connectivity index (χ1) is 7.65. The van der Waals surface area contributed by atoms with Gasteiger partial charge in [0.2, 0.25) is 0 Å². The second-order valence-electron chi connectivity index (χ2n) is 4.35. The molecule has 0 heterocycles. The van der Waals surface area contributed by atoms with Gasteiger partial charge >= 0.3 is 5.97 Å². The zero-order valence-corrected chi connectivity index (χ0v) is 9.85. The molecule has 1 aliphatic carbocycles. The molecule has 0 aliphatic heterocycles. The van der Waals surface area contributed by atoms with Crippen LogP contribution in [0, 0.1) is 0 Å². The maximum absolute atomic E-state index is 10.7. The Morgan fingerprint density at radius 3 is 2.56 bits per heavy atom. The molecule has 16 heavy (non-hydrogen) atoms. The molecule has 0 aromatic heterocycles. The topological polar surface area (TPSA) is 60.8 Å². The molecule has 0 aromatic rings. The molecule has 2 N–H and O–H groups in total. The Balaban J connectivity index is 2.50. The van der Waals surface area contributed by atoms with E-state index in [0.29, 0.717) is 24.7 Å². The van der Waals surface area contributed by atoms with Crippen molar-refractivity contribution >= 4 is 5.97 Å². The summed E-state index contributed by atoms with van der Waals surface area (Å²) in [5, 5.41) is 17.7. The quantitative estimate of drug-likeness (QED) is 0.670. The third-order valence-electron chi connectivity index (χ3n) is 3.20. The van der Waals surface area contributed by atoms with Crippen LogP contribution in [0.4, 0.5) is 0 Å². The highest BCUT2D eigenvalue weighted by atomic mass is 16.4. The molecule has 0 radical (unpaired) electrons. The minimum atomic E-state index is -0.865. The lowest BCUT2D eigenvalue weighted by molar-refractivity contribution is -0.132. The van der Waals surface area contributed by atoms with Crippen LogP contribution < -0.4 is 0 Å². The molecule has 1 rings (SSSR count). The van der Waals surface area contributed by atoms with Crippen LogP contribution in [-0.4, -0.2) is 46.8 Å². The first-order valence-corrected chi connectivity index (χ1v) is 5.90. The zero-order chi connectivity index (χ0) is 12.0. The minimum absolute atomic E-state index is 0.135. The van der Waals surface area contributed by atoms with E-state index >= 15 is 0 Å². The maximum atomic E-state index is 10.7. The van der Waals surface area contributed by atoms with Crippen molar-refractivity contribution in [3.8, 4) is 0 Å². The van der Waals surface area contributed by atoms with Gasteiger partial charge in [-0.05, 0) is 19.8 Å². The number of carboxylic acid groups (broad SMARTS) is 1. The van der Waals surface area contributed by atoms with E-state index in [1.54, 1.807) is 13.0 Å². The molecule has 1 saturated carbocycles. The van der Waals surface area contributed by atoms with Gasteiger partial charge in [-0.25, -0.2) is 4.79 Å². The highest BCUT2D eigenvalue weighted by Gasteiger charge is 2.21. The van der Waals surface area contributed by atoms with Crippen molar-refractivity contribution < 1.29 is 15.0 Å². The highest BCUT2D eigenvalue weighted by Crippen LogP contribution is 2.23. The van der Waals surface area contributed by atoms with Gasteiger partial charge in [0.25, 0.3) is 0 Å². The monoisotopic (exact) mass is 227 g/mol.